The zero-order chi connectivity index (χ0) is 15.0. The topological polar surface area (TPSA) is 56.3 Å². The van der Waals surface area contributed by atoms with Gasteiger partial charge in [-0.3, -0.25) is 4.79 Å². The highest BCUT2D eigenvalue weighted by atomic mass is 16.3. The van der Waals surface area contributed by atoms with E-state index in [1.807, 2.05) is 18.3 Å². The number of hydrogen-bond donors (Lipinski definition) is 2. The number of nitrogens with one attached hydrogen (secondary N) is 1. The summed E-state index contributed by atoms with van der Waals surface area (Å²) in [4.78, 5) is 17.2. The van der Waals surface area contributed by atoms with E-state index < -0.39 is 0 Å². The van der Waals surface area contributed by atoms with Gasteiger partial charge in [0.1, 0.15) is 0 Å². The highest BCUT2D eigenvalue weighted by Crippen LogP contribution is 2.32. The van der Waals surface area contributed by atoms with Crippen LogP contribution in [0.25, 0.3) is 10.9 Å². The van der Waals surface area contributed by atoms with Gasteiger partial charge in [0.15, 0.2) is 0 Å². The third kappa shape index (κ3) is 2.95. The number of aliphatic hydroxyl groups excluding tert-OH is 1. The number of para-hydroxylation sites is 1. The van der Waals surface area contributed by atoms with Crippen LogP contribution < -0.4 is 0 Å². The number of benzene rings is 1. The second-order valence-corrected chi connectivity index (χ2v) is 6.17. The number of nitrogens with zero attached hydrogens (tertiary/aromatic N) is 1. The number of carbonyl (C=O) groups excluding carboxylic acids is 1. The van der Waals surface area contributed by atoms with Gasteiger partial charge in [-0.15, -0.1) is 0 Å². The predicted octanol–water partition coefficient (Wildman–Crippen LogP) is 2.25. The van der Waals surface area contributed by atoms with E-state index in [1.54, 1.807) is 11.9 Å². The Morgan fingerprint density at radius 3 is 2.95 bits per heavy atom. The van der Waals surface area contributed by atoms with Gasteiger partial charge in [0.05, 0.1) is 12.5 Å². The summed E-state index contributed by atoms with van der Waals surface area (Å²) < 4.78 is 0. The van der Waals surface area contributed by atoms with Crippen molar-refractivity contribution in [1.29, 1.82) is 0 Å². The van der Waals surface area contributed by atoms with Crippen molar-refractivity contribution in [3.05, 3.63) is 35.5 Å². The van der Waals surface area contributed by atoms with Crippen LogP contribution in [0.4, 0.5) is 0 Å². The molecule has 0 spiro atoms. The highest BCUT2D eigenvalue weighted by molar-refractivity contribution is 5.90. The Morgan fingerprint density at radius 1 is 1.48 bits per heavy atom. The molecule has 0 aliphatic heterocycles. The normalized spacial score (nSPS) is 16.1. The van der Waals surface area contributed by atoms with E-state index in [2.05, 4.69) is 18.0 Å². The van der Waals surface area contributed by atoms with Crippen LogP contribution in [0.2, 0.25) is 0 Å². The summed E-state index contributed by atoms with van der Waals surface area (Å²) in [6.07, 6.45) is 4.10. The molecule has 1 aromatic heterocycles. The van der Waals surface area contributed by atoms with Crippen LogP contribution in [0.3, 0.4) is 0 Å². The van der Waals surface area contributed by atoms with Gasteiger partial charge in [0.25, 0.3) is 0 Å². The van der Waals surface area contributed by atoms with Crippen molar-refractivity contribution in [1.82, 2.24) is 9.88 Å². The first-order valence-corrected chi connectivity index (χ1v) is 7.54. The number of likely N-dealkylation sites (N-methyl/N-ethyl adjacent to an activating group) is 1. The van der Waals surface area contributed by atoms with E-state index in [1.165, 1.54) is 5.56 Å². The number of hydrogen-bond acceptors (Lipinski definition) is 2. The lowest BCUT2D eigenvalue weighted by Gasteiger charge is -2.20. The van der Waals surface area contributed by atoms with Crippen LogP contribution in [0, 0.1) is 12.8 Å². The molecule has 0 radical (unpaired) electrons. The number of carbonyl (C=O) groups is 1. The quantitative estimate of drug-likeness (QED) is 0.885. The van der Waals surface area contributed by atoms with Gasteiger partial charge in [-0.2, -0.15) is 0 Å². The maximum Gasteiger partial charge on any atom is 0.226 e. The molecule has 112 valence electrons. The zero-order valence-electron chi connectivity index (χ0n) is 12.6. The van der Waals surface area contributed by atoms with E-state index in [9.17, 15) is 9.90 Å². The number of aryl methyl sites for hydroxylation is 1. The molecule has 4 nitrogen and oxygen atoms in total. The van der Waals surface area contributed by atoms with Gasteiger partial charge in [-0.1, -0.05) is 18.2 Å². The molecule has 0 saturated heterocycles. The third-order valence-corrected chi connectivity index (χ3v) is 4.40. The lowest BCUT2D eigenvalue weighted by molar-refractivity contribution is -0.130. The largest absolute Gasteiger partial charge is 0.391 e. The van der Waals surface area contributed by atoms with Gasteiger partial charge in [-0.05, 0) is 36.8 Å². The number of amides is 1. The molecule has 1 unspecified atom stereocenters. The van der Waals surface area contributed by atoms with E-state index in [4.69, 9.17) is 0 Å². The van der Waals surface area contributed by atoms with Crippen LogP contribution in [0.1, 0.15) is 24.0 Å². The number of aromatic amines is 1. The van der Waals surface area contributed by atoms with Crippen molar-refractivity contribution >= 4 is 16.8 Å². The number of aromatic nitrogens is 1. The molecule has 0 bridgehead atoms. The summed E-state index contributed by atoms with van der Waals surface area (Å²) >= 11 is 0. The monoisotopic (exact) mass is 286 g/mol. The summed E-state index contributed by atoms with van der Waals surface area (Å²) in [6, 6.07) is 6.11. The number of H-pyrrole nitrogens is 1. The first kappa shape index (κ1) is 14.1. The lowest BCUT2D eigenvalue weighted by atomic mass is 10.1. The Kier molecular flexibility index (Phi) is 3.72. The van der Waals surface area contributed by atoms with Crippen molar-refractivity contribution in [2.24, 2.45) is 5.92 Å². The second kappa shape index (κ2) is 5.53. The Balaban J connectivity index is 1.69. The second-order valence-electron chi connectivity index (χ2n) is 6.17. The first-order chi connectivity index (χ1) is 10.1. The molecule has 4 heteroatoms. The molecule has 1 aliphatic rings. The number of fused-ring (bicyclic) bond motifs is 1. The fourth-order valence-electron chi connectivity index (χ4n) is 2.82. The Hall–Kier alpha value is -1.81. The average molecular weight is 286 g/mol. The van der Waals surface area contributed by atoms with Crippen molar-refractivity contribution in [3.63, 3.8) is 0 Å². The van der Waals surface area contributed by atoms with Gasteiger partial charge >= 0.3 is 0 Å². The lowest BCUT2D eigenvalue weighted by Crippen LogP contribution is -2.36. The summed E-state index contributed by atoms with van der Waals surface area (Å²) in [6.45, 7) is 2.49. The molecule has 1 amide bonds. The minimum Gasteiger partial charge on any atom is -0.391 e. The summed E-state index contributed by atoms with van der Waals surface area (Å²) in [5, 5.41) is 11.1. The summed E-state index contributed by atoms with van der Waals surface area (Å²) in [7, 11) is 1.77. The molecular formula is C17H22N2O2. The Morgan fingerprint density at radius 2 is 2.24 bits per heavy atom. The third-order valence-electron chi connectivity index (χ3n) is 4.40. The van der Waals surface area contributed by atoms with Crippen molar-refractivity contribution in [2.75, 3.05) is 13.6 Å². The molecule has 1 aliphatic carbocycles. The number of aliphatic hydroxyl groups is 1. The molecule has 1 fully saturated rings. The van der Waals surface area contributed by atoms with E-state index in [0.717, 1.165) is 29.3 Å². The highest BCUT2D eigenvalue weighted by Gasteiger charge is 2.31. The number of rotatable bonds is 5. The van der Waals surface area contributed by atoms with Gasteiger partial charge in [-0.25, -0.2) is 0 Å². The fourth-order valence-corrected chi connectivity index (χ4v) is 2.82. The smallest absolute Gasteiger partial charge is 0.226 e. The minimum absolute atomic E-state index is 0.0529. The maximum atomic E-state index is 12.3. The Labute approximate surface area is 124 Å². The minimum atomic E-state index is -0.371. The molecule has 2 aromatic rings. The molecule has 2 N–H and O–H groups in total. The SMILES string of the molecule is Cc1cccc2c(CC(=O)N(C)CC(O)C3CC3)c[nH]c12. The maximum absolute atomic E-state index is 12.3. The molecule has 3 rings (SSSR count). The van der Waals surface area contributed by atoms with Crippen molar-refractivity contribution in [3.8, 4) is 0 Å². The first-order valence-electron chi connectivity index (χ1n) is 7.54. The van der Waals surface area contributed by atoms with Gasteiger partial charge < -0.3 is 15.0 Å². The Bertz CT molecular complexity index is 658. The summed E-state index contributed by atoms with van der Waals surface area (Å²) in [5.74, 6) is 0.452. The van der Waals surface area contributed by atoms with E-state index in [0.29, 0.717) is 18.9 Å². The molecule has 1 atom stereocenters. The molecule has 1 heterocycles. The van der Waals surface area contributed by atoms with Gasteiger partial charge in [0, 0.05) is 30.7 Å². The van der Waals surface area contributed by atoms with Crippen LogP contribution in [0.5, 0.6) is 0 Å². The van der Waals surface area contributed by atoms with E-state index >= 15 is 0 Å². The summed E-state index contributed by atoms with van der Waals surface area (Å²) in [5.41, 5.74) is 3.30. The molecule has 1 saturated carbocycles. The average Bonchev–Trinajstić information content (AvgIpc) is 3.22. The van der Waals surface area contributed by atoms with Crippen LogP contribution in [-0.4, -0.2) is 40.6 Å². The van der Waals surface area contributed by atoms with Crippen LogP contribution >= 0.6 is 0 Å². The molecule has 1 aromatic carbocycles. The standard InChI is InChI=1S/C17H22N2O2/c1-11-4-3-5-14-13(9-18-17(11)14)8-16(21)19(2)10-15(20)12-6-7-12/h3-5,9,12,15,18,20H,6-8,10H2,1-2H3. The van der Waals surface area contributed by atoms with Gasteiger partial charge in [0.2, 0.25) is 5.91 Å². The van der Waals surface area contributed by atoms with Crippen LogP contribution in [0.15, 0.2) is 24.4 Å². The van der Waals surface area contributed by atoms with Crippen LogP contribution in [-0.2, 0) is 11.2 Å². The predicted molar refractivity (Wildman–Crippen MR) is 83.1 cm³/mol. The van der Waals surface area contributed by atoms with Crippen molar-refractivity contribution in [2.45, 2.75) is 32.3 Å². The van der Waals surface area contributed by atoms with E-state index in [-0.39, 0.29) is 12.0 Å². The van der Waals surface area contributed by atoms with Crippen molar-refractivity contribution < 1.29 is 9.90 Å². The molecule has 21 heavy (non-hydrogen) atoms. The zero-order valence-corrected chi connectivity index (χ0v) is 12.6. The molecular weight excluding hydrogens is 264 g/mol. The fraction of sp³-hybridized carbons (Fsp3) is 0.471.